The first-order valence-corrected chi connectivity index (χ1v) is 7.78. The van der Waals surface area contributed by atoms with Crippen LogP contribution in [0, 0.1) is 5.82 Å². The summed E-state index contributed by atoms with van der Waals surface area (Å²) in [6.07, 6.45) is -5.61. The highest BCUT2D eigenvalue weighted by Gasteiger charge is 2.31. The van der Waals surface area contributed by atoms with Gasteiger partial charge in [0.2, 0.25) is 5.91 Å². The summed E-state index contributed by atoms with van der Waals surface area (Å²) in [5.41, 5.74) is 0.748. The van der Waals surface area contributed by atoms with E-state index in [0.29, 0.717) is 11.1 Å². The van der Waals surface area contributed by atoms with Gasteiger partial charge in [0.05, 0.1) is 6.10 Å². The third kappa shape index (κ3) is 6.36. The molecule has 0 aliphatic heterocycles. The van der Waals surface area contributed by atoms with E-state index in [2.05, 4.69) is 10.1 Å². The lowest BCUT2D eigenvalue weighted by molar-refractivity contribution is -0.274. The van der Waals surface area contributed by atoms with Crippen molar-refractivity contribution in [2.45, 2.75) is 25.3 Å². The second kappa shape index (κ2) is 8.66. The highest BCUT2D eigenvalue weighted by molar-refractivity contribution is 5.76. The molecular formula is C18H17F4NO3. The minimum atomic E-state index is -4.79. The van der Waals surface area contributed by atoms with Crippen molar-refractivity contribution in [3.05, 3.63) is 65.5 Å². The molecule has 0 fully saturated rings. The molecule has 0 saturated carbocycles. The third-order valence-electron chi connectivity index (χ3n) is 3.57. The van der Waals surface area contributed by atoms with Crippen LogP contribution in [-0.4, -0.2) is 23.9 Å². The predicted octanol–water partition coefficient (Wildman–Crippen LogP) is 3.51. The molecule has 1 atom stereocenters. The molecule has 0 aliphatic carbocycles. The van der Waals surface area contributed by atoms with Gasteiger partial charge in [-0.15, -0.1) is 13.2 Å². The number of halogens is 4. The van der Waals surface area contributed by atoms with E-state index in [-0.39, 0.29) is 31.1 Å². The number of carbonyl (C=O) groups is 1. The summed E-state index contributed by atoms with van der Waals surface area (Å²) in [4.78, 5) is 11.8. The molecule has 0 aromatic heterocycles. The van der Waals surface area contributed by atoms with Crippen LogP contribution in [0.5, 0.6) is 5.75 Å². The van der Waals surface area contributed by atoms with E-state index < -0.39 is 18.2 Å². The number of aliphatic hydroxyl groups is 1. The Hall–Kier alpha value is -2.61. The second-order valence-electron chi connectivity index (χ2n) is 5.53. The first-order chi connectivity index (χ1) is 12.2. The lowest BCUT2D eigenvalue weighted by Crippen LogP contribution is -2.28. The van der Waals surface area contributed by atoms with E-state index in [4.69, 9.17) is 0 Å². The van der Waals surface area contributed by atoms with E-state index in [9.17, 15) is 27.5 Å². The van der Waals surface area contributed by atoms with Crippen LogP contribution in [0.15, 0.2) is 48.5 Å². The van der Waals surface area contributed by atoms with Crippen LogP contribution >= 0.6 is 0 Å². The molecule has 2 N–H and O–H groups in total. The quantitative estimate of drug-likeness (QED) is 0.733. The van der Waals surface area contributed by atoms with Crippen LogP contribution < -0.4 is 10.1 Å². The molecule has 0 spiro atoms. The van der Waals surface area contributed by atoms with Crippen molar-refractivity contribution in [2.24, 2.45) is 0 Å². The summed E-state index contributed by atoms with van der Waals surface area (Å²) in [6.45, 7) is -0.115. The van der Waals surface area contributed by atoms with Crippen molar-refractivity contribution >= 4 is 5.91 Å². The Labute approximate surface area is 147 Å². The molecule has 2 aromatic carbocycles. The molecule has 4 nitrogen and oxygen atoms in total. The van der Waals surface area contributed by atoms with Crippen LogP contribution in [0.3, 0.4) is 0 Å². The number of rotatable bonds is 7. The zero-order valence-corrected chi connectivity index (χ0v) is 13.6. The molecule has 140 valence electrons. The standard InChI is InChI=1S/C18H17F4NO3/c19-15-4-2-1-3-12(15)7-10-17(25)23-11-16(24)13-5-8-14(9-6-13)26-18(20,21)22/h1-6,8-9,16,24H,7,10-11H2,(H,23,25). The second-order valence-corrected chi connectivity index (χ2v) is 5.53. The van der Waals surface area contributed by atoms with Gasteiger partial charge in [0.15, 0.2) is 0 Å². The summed E-state index contributed by atoms with van der Waals surface area (Å²) in [5, 5.41) is 12.5. The number of nitrogens with one attached hydrogen (secondary N) is 1. The Morgan fingerprint density at radius 1 is 1.12 bits per heavy atom. The molecular weight excluding hydrogens is 354 g/mol. The minimum Gasteiger partial charge on any atom is -0.406 e. The van der Waals surface area contributed by atoms with Crippen LogP contribution in [-0.2, 0) is 11.2 Å². The number of hydrogen-bond donors (Lipinski definition) is 2. The Morgan fingerprint density at radius 2 is 1.77 bits per heavy atom. The van der Waals surface area contributed by atoms with Crippen molar-refractivity contribution < 1.29 is 32.2 Å². The van der Waals surface area contributed by atoms with Crippen molar-refractivity contribution in [3.63, 3.8) is 0 Å². The van der Waals surface area contributed by atoms with Gasteiger partial charge in [-0.3, -0.25) is 4.79 Å². The average molecular weight is 371 g/mol. The predicted molar refractivity (Wildman–Crippen MR) is 85.8 cm³/mol. The molecule has 0 aliphatic rings. The van der Waals surface area contributed by atoms with E-state index in [1.807, 2.05) is 0 Å². The SMILES string of the molecule is O=C(CCc1ccccc1F)NCC(O)c1ccc(OC(F)(F)F)cc1. The number of aryl methyl sites for hydroxylation is 1. The fourth-order valence-corrected chi connectivity index (χ4v) is 2.26. The third-order valence-corrected chi connectivity index (χ3v) is 3.57. The van der Waals surface area contributed by atoms with Crippen molar-refractivity contribution in [3.8, 4) is 5.75 Å². The fourth-order valence-electron chi connectivity index (χ4n) is 2.26. The molecule has 0 saturated heterocycles. The molecule has 0 bridgehead atoms. The molecule has 8 heteroatoms. The van der Waals surface area contributed by atoms with Gasteiger partial charge in [-0.1, -0.05) is 30.3 Å². The molecule has 1 amide bonds. The van der Waals surface area contributed by atoms with Gasteiger partial charge in [-0.2, -0.15) is 0 Å². The summed E-state index contributed by atoms with van der Waals surface area (Å²) in [5.74, 6) is -1.16. The maximum atomic E-state index is 13.5. The van der Waals surface area contributed by atoms with Crippen LogP contribution in [0.1, 0.15) is 23.7 Å². The normalized spacial score (nSPS) is 12.5. The number of hydrogen-bond acceptors (Lipinski definition) is 3. The number of aliphatic hydroxyl groups excluding tert-OH is 1. The zero-order chi connectivity index (χ0) is 19.2. The van der Waals surface area contributed by atoms with Crippen LogP contribution in [0.2, 0.25) is 0 Å². The molecule has 26 heavy (non-hydrogen) atoms. The Morgan fingerprint density at radius 3 is 2.38 bits per heavy atom. The molecule has 2 aromatic rings. The smallest absolute Gasteiger partial charge is 0.406 e. The maximum absolute atomic E-state index is 13.5. The topological polar surface area (TPSA) is 58.6 Å². The summed E-state index contributed by atoms with van der Waals surface area (Å²) in [6, 6.07) is 10.8. The summed E-state index contributed by atoms with van der Waals surface area (Å²) in [7, 11) is 0. The van der Waals surface area contributed by atoms with Crippen molar-refractivity contribution in [1.29, 1.82) is 0 Å². The highest BCUT2D eigenvalue weighted by atomic mass is 19.4. The van der Waals surface area contributed by atoms with Crippen LogP contribution in [0.4, 0.5) is 17.6 Å². The van der Waals surface area contributed by atoms with Gasteiger partial charge in [-0.05, 0) is 35.7 Å². The van der Waals surface area contributed by atoms with E-state index in [1.165, 1.54) is 18.2 Å². The van der Waals surface area contributed by atoms with Gasteiger partial charge in [0.1, 0.15) is 11.6 Å². The molecule has 1 unspecified atom stereocenters. The van der Waals surface area contributed by atoms with Gasteiger partial charge in [0, 0.05) is 13.0 Å². The molecule has 0 radical (unpaired) electrons. The zero-order valence-electron chi connectivity index (χ0n) is 13.6. The van der Waals surface area contributed by atoms with Gasteiger partial charge in [-0.25, -0.2) is 4.39 Å². The highest BCUT2D eigenvalue weighted by Crippen LogP contribution is 2.24. The first-order valence-electron chi connectivity index (χ1n) is 7.78. The first kappa shape index (κ1) is 19.7. The average Bonchev–Trinajstić information content (AvgIpc) is 2.58. The van der Waals surface area contributed by atoms with Crippen molar-refractivity contribution in [1.82, 2.24) is 5.32 Å². The number of ether oxygens (including phenoxy) is 1. The number of carbonyl (C=O) groups excluding carboxylic acids is 1. The fraction of sp³-hybridized carbons (Fsp3) is 0.278. The van der Waals surface area contributed by atoms with E-state index in [0.717, 1.165) is 12.1 Å². The van der Waals surface area contributed by atoms with Crippen molar-refractivity contribution in [2.75, 3.05) is 6.54 Å². The lowest BCUT2D eigenvalue weighted by atomic mass is 10.1. The largest absolute Gasteiger partial charge is 0.573 e. The Kier molecular flexibility index (Phi) is 6.57. The molecule has 2 rings (SSSR count). The lowest BCUT2D eigenvalue weighted by Gasteiger charge is -2.14. The van der Waals surface area contributed by atoms with E-state index >= 15 is 0 Å². The van der Waals surface area contributed by atoms with Crippen LogP contribution in [0.25, 0.3) is 0 Å². The summed E-state index contributed by atoms with van der Waals surface area (Å²) < 4.78 is 53.5. The monoisotopic (exact) mass is 371 g/mol. The Balaban J connectivity index is 1.79. The van der Waals surface area contributed by atoms with Gasteiger partial charge < -0.3 is 15.2 Å². The Bertz CT molecular complexity index is 732. The van der Waals surface area contributed by atoms with E-state index in [1.54, 1.807) is 18.2 Å². The number of benzene rings is 2. The molecule has 0 heterocycles. The van der Waals surface area contributed by atoms with Gasteiger partial charge in [0.25, 0.3) is 0 Å². The number of amides is 1. The summed E-state index contributed by atoms with van der Waals surface area (Å²) >= 11 is 0. The maximum Gasteiger partial charge on any atom is 0.573 e. The minimum absolute atomic E-state index is 0.0476. The van der Waals surface area contributed by atoms with Gasteiger partial charge >= 0.3 is 6.36 Å². The number of alkyl halides is 3.